The molecule has 0 saturated heterocycles. The standard InChI is InChI=1S/C6H11NO2/c1-3-5(7-9)6(8)4-2/h9H,3-4H2,1-2H3/b7-5+. The highest BCUT2D eigenvalue weighted by molar-refractivity contribution is 6.39. The molecule has 0 bridgehead atoms. The predicted molar refractivity (Wildman–Crippen MR) is 34.8 cm³/mol. The Bertz CT molecular complexity index is 129. The lowest BCUT2D eigenvalue weighted by atomic mass is 10.1. The van der Waals surface area contributed by atoms with Crippen LogP contribution in [0.2, 0.25) is 0 Å². The molecular formula is C6H11NO2. The smallest absolute Gasteiger partial charge is 0.180 e. The maximum Gasteiger partial charge on any atom is 0.180 e. The van der Waals surface area contributed by atoms with Crippen molar-refractivity contribution in [2.75, 3.05) is 0 Å². The molecule has 0 aliphatic rings. The largest absolute Gasteiger partial charge is 0.411 e. The molecule has 0 fully saturated rings. The molecule has 0 rings (SSSR count). The monoisotopic (exact) mass is 129 g/mol. The lowest BCUT2D eigenvalue weighted by Crippen LogP contribution is -2.10. The number of rotatable bonds is 3. The molecule has 0 aromatic carbocycles. The zero-order valence-electron chi connectivity index (χ0n) is 5.72. The molecule has 0 amide bonds. The van der Waals surface area contributed by atoms with Gasteiger partial charge in [0.25, 0.3) is 0 Å². The topological polar surface area (TPSA) is 49.7 Å². The van der Waals surface area contributed by atoms with Crippen molar-refractivity contribution in [3.05, 3.63) is 0 Å². The van der Waals surface area contributed by atoms with Gasteiger partial charge in [-0.15, -0.1) is 0 Å². The lowest BCUT2D eigenvalue weighted by Gasteiger charge is -1.93. The fourth-order valence-electron chi connectivity index (χ4n) is 0.528. The maximum absolute atomic E-state index is 10.7. The number of hydrogen-bond donors (Lipinski definition) is 1. The average molecular weight is 129 g/mol. The lowest BCUT2D eigenvalue weighted by molar-refractivity contribution is -0.112. The number of oxime groups is 1. The molecule has 0 aliphatic carbocycles. The molecule has 3 nitrogen and oxygen atoms in total. The number of Topliss-reactive ketones (excluding diaryl/α,β-unsaturated/α-hetero) is 1. The Morgan fingerprint density at radius 2 is 2.00 bits per heavy atom. The minimum Gasteiger partial charge on any atom is -0.411 e. The molecule has 1 N–H and O–H groups in total. The van der Waals surface area contributed by atoms with Crippen LogP contribution in [-0.4, -0.2) is 16.7 Å². The molecule has 52 valence electrons. The van der Waals surface area contributed by atoms with E-state index in [1.165, 1.54) is 0 Å². The van der Waals surface area contributed by atoms with Crippen molar-refractivity contribution in [3.63, 3.8) is 0 Å². The van der Waals surface area contributed by atoms with Crippen LogP contribution in [0.3, 0.4) is 0 Å². The summed E-state index contributed by atoms with van der Waals surface area (Å²) in [6.45, 7) is 3.52. The van der Waals surface area contributed by atoms with Crippen LogP contribution in [0.5, 0.6) is 0 Å². The van der Waals surface area contributed by atoms with E-state index in [1.807, 2.05) is 0 Å². The van der Waals surface area contributed by atoms with E-state index in [1.54, 1.807) is 13.8 Å². The second-order valence-electron chi connectivity index (χ2n) is 1.68. The van der Waals surface area contributed by atoms with E-state index < -0.39 is 0 Å². The molecular weight excluding hydrogens is 118 g/mol. The molecule has 9 heavy (non-hydrogen) atoms. The zero-order valence-corrected chi connectivity index (χ0v) is 5.72. The SMILES string of the molecule is CCC(=O)/C(CC)=N/O. The van der Waals surface area contributed by atoms with Gasteiger partial charge in [0, 0.05) is 6.42 Å². The number of ketones is 1. The Labute approximate surface area is 54.4 Å². The van der Waals surface area contributed by atoms with Crippen molar-refractivity contribution in [2.45, 2.75) is 26.7 Å². The summed E-state index contributed by atoms with van der Waals surface area (Å²) in [6, 6.07) is 0. The zero-order chi connectivity index (χ0) is 7.28. The van der Waals surface area contributed by atoms with Crippen molar-refractivity contribution >= 4 is 11.5 Å². The number of nitrogens with zero attached hydrogens (tertiary/aromatic N) is 1. The Kier molecular flexibility index (Phi) is 3.67. The first-order valence-electron chi connectivity index (χ1n) is 3.00. The number of hydrogen-bond acceptors (Lipinski definition) is 3. The van der Waals surface area contributed by atoms with Crippen LogP contribution in [0, 0.1) is 0 Å². The van der Waals surface area contributed by atoms with Crippen LogP contribution in [-0.2, 0) is 4.79 Å². The minimum atomic E-state index is -0.0833. The van der Waals surface area contributed by atoms with E-state index >= 15 is 0 Å². The second-order valence-corrected chi connectivity index (χ2v) is 1.68. The third kappa shape index (κ3) is 2.26. The highest BCUT2D eigenvalue weighted by Gasteiger charge is 2.05. The molecule has 0 spiro atoms. The van der Waals surface area contributed by atoms with Gasteiger partial charge in [-0.2, -0.15) is 0 Å². The molecule has 0 heterocycles. The first-order valence-corrected chi connectivity index (χ1v) is 3.00. The van der Waals surface area contributed by atoms with Gasteiger partial charge in [-0.05, 0) is 6.42 Å². The Hall–Kier alpha value is -0.860. The molecule has 3 heteroatoms. The van der Waals surface area contributed by atoms with Crippen LogP contribution >= 0.6 is 0 Å². The van der Waals surface area contributed by atoms with E-state index in [-0.39, 0.29) is 11.5 Å². The molecule has 0 aromatic rings. The Morgan fingerprint density at radius 3 is 2.11 bits per heavy atom. The first kappa shape index (κ1) is 8.14. The molecule has 0 unspecified atom stereocenters. The van der Waals surface area contributed by atoms with Crippen LogP contribution in [0.1, 0.15) is 26.7 Å². The van der Waals surface area contributed by atoms with Crippen molar-refractivity contribution in [1.82, 2.24) is 0 Å². The summed E-state index contributed by atoms with van der Waals surface area (Å²) in [7, 11) is 0. The highest BCUT2D eigenvalue weighted by Crippen LogP contribution is 1.90. The van der Waals surface area contributed by atoms with E-state index in [0.29, 0.717) is 12.8 Å². The molecule has 0 atom stereocenters. The summed E-state index contributed by atoms with van der Waals surface area (Å²) < 4.78 is 0. The Balaban J connectivity index is 3.97. The van der Waals surface area contributed by atoms with Crippen molar-refractivity contribution in [3.8, 4) is 0 Å². The van der Waals surface area contributed by atoms with Gasteiger partial charge in [-0.25, -0.2) is 0 Å². The third-order valence-electron chi connectivity index (χ3n) is 1.10. The summed E-state index contributed by atoms with van der Waals surface area (Å²) in [6.07, 6.45) is 0.913. The summed E-state index contributed by atoms with van der Waals surface area (Å²) in [5.74, 6) is -0.0833. The summed E-state index contributed by atoms with van der Waals surface area (Å²) in [4.78, 5) is 10.7. The Morgan fingerprint density at radius 1 is 1.44 bits per heavy atom. The van der Waals surface area contributed by atoms with Crippen LogP contribution in [0.25, 0.3) is 0 Å². The van der Waals surface area contributed by atoms with Crippen LogP contribution in [0.4, 0.5) is 0 Å². The van der Waals surface area contributed by atoms with Crippen molar-refractivity contribution in [1.29, 1.82) is 0 Å². The summed E-state index contributed by atoms with van der Waals surface area (Å²) >= 11 is 0. The second kappa shape index (κ2) is 4.06. The van der Waals surface area contributed by atoms with Gasteiger partial charge in [-0.1, -0.05) is 19.0 Å². The third-order valence-corrected chi connectivity index (χ3v) is 1.10. The first-order chi connectivity index (χ1) is 4.26. The van der Waals surface area contributed by atoms with Gasteiger partial charge in [0.05, 0.1) is 0 Å². The molecule has 0 aliphatic heterocycles. The van der Waals surface area contributed by atoms with E-state index in [9.17, 15) is 4.79 Å². The van der Waals surface area contributed by atoms with Gasteiger partial charge in [0.2, 0.25) is 0 Å². The van der Waals surface area contributed by atoms with E-state index in [2.05, 4.69) is 5.16 Å². The summed E-state index contributed by atoms with van der Waals surface area (Å²) in [5.41, 5.74) is 0.262. The molecule has 0 aromatic heterocycles. The van der Waals surface area contributed by atoms with Gasteiger partial charge in [-0.3, -0.25) is 4.79 Å². The molecule has 0 saturated carbocycles. The minimum absolute atomic E-state index is 0.0833. The van der Waals surface area contributed by atoms with E-state index in [0.717, 1.165) is 0 Å². The van der Waals surface area contributed by atoms with Gasteiger partial charge < -0.3 is 5.21 Å². The highest BCUT2D eigenvalue weighted by atomic mass is 16.4. The van der Waals surface area contributed by atoms with Crippen molar-refractivity contribution in [2.24, 2.45) is 5.16 Å². The average Bonchev–Trinajstić information content (AvgIpc) is 1.90. The fraction of sp³-hybridized carbons (Fsp3) is 0.667. The maximum atomic E-state index is 10.7. The fourth-order valence-corrected chi connectivity index (χ4v) is 0.528. The summed E-state index contributed by atoms with van der Waals surface area (Å²) in [5, 5.41) is 11.0. The van der Waals surface area contributed by atoms with Gasteiger partial charge in [0.1, 0.15) is 5.71 Å². The van der Waals surface area contributed by atoms with Gasteiger partial charge in [0.15, 0.2) is 5.78 Å². The predicted octanol–water partition coefficient (Wildman–Crippen LogP) is 1.21. The van der Waals surface area contributed by atoms with Crippen LogP contribution < -0.4 is 0 Å². The number of carbonyl (C=O) groups is 1. The van der Waals surface area contributed by atoms with Gasteiger partial charge >= 0.3 is 0 Å². The van der Waals surface area contributed by atoms with E-state index in [4.69, 9.17) is 5.21 Å². The molecule has 0 radical (unpaired) electrons. The van der Waals surface area contributed by atoms with Crippen molar-refractivity contribution < 1.29 is 10.0 Å². The number of carbonyl (C=O) groups excluding carboxylic acids is 1. The normalized spacial score (nSPS) is 11.6. The van der Waals surface area contributed by atoms with Crippen LogP contribution in [0.15, 0.2) is 5.16 Å². The quantitative estimate of drug-likeness (QED) is 0.353.